The molecule has 1 N–H and O–H groups in total. The molecule has 0 saturated carbocycles. The molecule has 0 fully saturated rings. The number of nitrogens with one attached hydrogen (secondary N) is 1. The average molecular weight is 460 g/mol. The maximum atomic E-state index is 12.8. The van der Waals surface area contributed by atoms with Crippen LogP contribution in [0.4, 0.5) is 5.69 Å². The monoisotopic (exact) mass is 459 g/mol. The van der Waals surface area contributed by atoms with E-state index in [1.54, 1.807) is 12.1 Å². The summed E-state index contributed by atoms with van der Waals surface area (Å²) in [5.41, 5.74) is 2.18. The lowest BCUT2D eigenvalue weighted by Crippen LogP contribution is -2.22. The molecule has 7 nitrogen and oxygen atoms in total. The molecule has 0 spiro atoms. The van der Waals surface area contributed by atoms with Crippen molar-refractivity contribution in [2.24, 2.45) is 0 Å². The van der Waals surface area contributed by atoms with Crippen LogP contribution < -0.4 is 20.3 Å². The van der Waals surface area contributed by atoms with Gasteiger partial charge in [0, 0.05) is 23.5 Å². The Kier molecular flexibility index (Phi) is 6.53. The molecule has 3 rings (SSSR count). The molecule has 1 aromatic heterocycles. The average Bonchev–Trinajstić information content (AvgIpc) is 2.71. The molecular weight excluding hydrogens is 438 g/mol. The zero-order valence-corrected chi connectivity index (χ0v) is 18.1. The number of methoxy groups -OCH3 is 2. The standard InChI is InChI=1S/C21H22BrN3O4/c1-13-6-7-16(15(22)9-13)24-20(26)5-4-8-25-12-23-17-11-19(29-3)18(28-2)10-14(17)21(25)27/h6-7,9-12H,4-5,8H2,1-3H3,(H,24,26). The number of fused-ring (bicyclic) bond motifs is 1. The Hall–Kier alpha value is -2.87. The van der Waals surface area contributed by atoms with Crippen LogP contribution in [0.15, 0.2) is 45.9 Å². The molecule has 1 heterocycles. The number of carbonyl (C=O) groups is 1. The minimum Gasteiger partial charge on any atom is -0.493 e. The Morgan fingerprint density at radius 2 is 1.90 bits per heavy atom. The third-order valence-electron chi connectivity index (χ3n) is 4.53. The number of hydrogen-bond acceptors (Lipinski definition) is 5. The first-order valence-corrected chi connectivity index (χ1v) is 9.89. The first-order chi connectivity index (χ1) is 13.9. The predicted octanol–water partition coefficient (Wildman–Crippen LogP) is 3.90. The number of aromatic nitrogens is 2. The fourth-order valence-corrected chi connectivity index (χ4v) is 3.58. The number of halogens is 1. The molecule has 29 heavy (non-hydrogen) atoms. The van der Waals surface area contributed by atoms with E-state index in [0.717, 1.165) is 15.7 Å². The lowest BCUT2D eigenvalue weighted by Gasteiger charge is -2.11. The van der Waals surface area contributed by atoms with Crippen molar-refractivity contribution in [3.8, 4) is 11.5 Å². The van der Waals surface area contributed by atoms with E-state index in [-0.39, 0.29) is 17.9 Å². The first kappa shape index (κ1) is 20.9. The highest BCUT2D eigenvalue weighted by atomic mass is 79.9. The van der Waals surface area contributed by atoms with Crippen molar-refractivity contribution in [3.63, 3.8) is 0 Å². The SMILES string of the molecule is COc1cc2ncn(CCCC(=O)Nc3ccc(C)cc3Br)c(=O)c2cc1OC. The quantitative estimate of drug-likeness (QED) is 0.579. The van der Waals surface area contributed by atoms with Gasteiger partial charge in [-0.1, -0.05) is 6.07 Å². The molecule has 2 aromatic carbocycles. The van der Waals surface area contributed by atoms with E-state index in [4.69, 9.17) is 9.47 Å². The Morgan fingerprint density at radius 1 is 1.17 bits per heavy atom. The van der Waals surface area contributed by atoms with Crippen molar-refractivity contribution in [1.29, 1.82) is 0 Å². The molecule has 0 bridgehead atoms. The van der Waals surface area contributed by atoms with E-state index in [2.05, 4.69) is 26.2 Å². The Bertz CT molecular complexity index is 1110. The van der Waals surface area contributed by atoms with Crippen LogP contribution in [0, 0.1) is 6.92 Å². The number of hydrogen-bond donors (Lipinski definition) is 1. The van der Waals surface area contributed by atoms with Gasteiger partial charge in [-0.25, -0.2) is 4.98 Å². The maximum absolute atomic E-state index is 12.8. The largest absolute Gasteiger partial charge is 0.493 e. The van der Waals surface area contributed by atoms with Gasteiger partial charge < -0.3 is 14.8 Å². The Morgan fingerprint density at radius 3 is 2.59 bits per heavy atom. The summed E-state index contributed by atoms with van der Waals surface area (Å²) >= 11 is 3.45. The number of carbonyl (C=O) groups excluding carboxylic acids is 1. The lowest BCUT2D eigenvalue weighted by atomic mass is 10.2. The lowest BCUT2D eigenvalue weighted by molar-refractivity contribution is -0.116. The summed E-state index contributed by atoms with van der Waals surface area (Å²) in [6.45, 7) is 2.37. The smallest absolute Gasteiger partial charge is 0.261 e. The minimum absolute atomic E-state index is 0.109. The van der Waals surface area contributed by atoms with Gasteiger partial charge in [0.15, 0.2) is 11.5 Å². The van der Waals surface area contributed by atoms with Crippen molar-refractivity contribution >= 4 is 38.4 Å². The van der Waals surface area contributed by atoms with Gasteiger partial charge in [-0.05, 0) is 53.0 Å². The second kappa shape index (κ2) is 9.09. The van der Waals surface area contributed by atoms with Crippen LogP contribution in [0.25, 0.3) is 10.9 Å². The summed E-state index contributed by atoms with van der Waals surface area (Å²) in [6.07, 6.45) is 2.29. The Labute approximate surface area is 176 Å². The van der Waals surface area contributed by atoms with Crippen LogP contribution >= 0.6 is 15.9 Å². The van der Waals surface area contributed by atoms with Gasteiger partial charge in [0.1, 0.15) is 0 Å². The molecule has 0 saturated heterocycles. The number of aryl methyl sites for hydroxylation is 2. The van der Waals surface area contributed by atoms with Gasteiger partial charge in [-0.3, -0.25) is 14.2 Å². The number of ether oxygens (including phenoxy) is 2. The highest BCUT2D eigenvalue weighted by Crippen LogP contribution is 2.29. The number of anilines is 1. The van der Waals surface area contributed by atoms with Crippen LogP contribution in [0.1, 0.15) is 18.4 Å². The number of rotatable bonds is 7. The zero-order valence-electron chi connectivity index (χ0n) is 16.5. The molecular formula is C21H22BrN3O4. The first-order valence-electron chi connectivity index (χ1n) is 9.10. The topological polar surface area (TPSA) is 82.5 Å². The summed E-state index contributed by atoms with van der Waals surface area (Å²) in [5, 5.41) is 3.32. The summed E-state index contributed by atoms with van der Waals surface area (Å²) in [6, 6.07) is 9.04. The zero-order chi connectivity index (χ0) is 21.0. The van der Waals surface area contributed by atoms with E-state index in [0.29, 0.717) is 35.4 Å². The van der Waals surface area contributed by atoms with Gasteiger partial charge in [0.05, 0.1) is 37.1 Å². The summed E-state index contributed by atoms with van der Waals surface area (Å²) in [7, 11) is 3.05. The van der Waals surface area contributed by atoms with Gasteiger partial charge >= 0.3 is 0 Å². The fraction of sp³-hybridized carbons (Fsp3) is 0.286. The summed E-state index contributed by atoms with van der Waals surface area (Å²) < 4.78 is 12.9. The number of nitrogens with zero attached hydrogens (tertiary/aromatic N) is 2. The minimum atomic E-state index is -0.183. The summed E-state index contributed by atoms with van der Waals surface area (Å²) in [4.78, 5) is 29.3. The van der Waals surface area contributed by atoms with Crippen LogP contribution in [-0.2, 0) is 11.3 Å². The second-order valence-electron chi connectivity index (χ2n) is 6.60. The van der Waals surface area contributed by atoms with Crippen molar-refractivity contribution in [2.75, 3.05) is 19.5 Å². The molecule has 8 heteroatoms. The van der Waals surface area contributed by atoms with Crippen LogP contribution in [0.5, 0.6) is 11.5 Å². The van der Waals surface area contributed by atoms with Gasteiger partial charge in [0.25, 0.3) is 5.56 Å². The third-order valence-corrected chi connectivity index (χ3v) is 5.19. The predicted molar refractivity (Wildman–Crippen MR) is 116 cm³/mol. The van der Waals surface area contributed by atoms with Gasteiger partial charge in [-0.15, -0.1) is 0 Å². The molecule has 3 aromatic rings. The van der Waals surface area contributed by atoms with Crippen molar-refractivity contribution in [1.82, 2.24) is 9.55 Å². The van der Waals surface area contributed by atoms with Gasteiger partial charge in [0.2, 0.25) is 5.91 Å². The molecule has 0 aliphatic rings. The molecule has 0 aliphatic carbocycles. The molecule has 1 amide bonds. The molecule has 0 atom stereocenters. The van der Waals surface area contributed by atoms with Crippen LogP contribution in [-0.4, -0.2) is 29.7 Å². The maximum Gasteiger partial charge on any atom is 0.261 e. The van der Waals surface area contributed by atoms with Crippen LogP contribution in [0.3, 0.4) is 0 Å². The fourth-order valence-electron chi connectivity index (χ4n) is 2.99. The van der Waals surface area contributed by atoms with Crippen LogP contribution in [0.2, 0.25) is 0 Å². The number of amides is 1. The Balaban J connectivity index is 1.68. The van der Waals surface area contributed by atoms with Crippen molar-refractivity contribution < 1.29 is 14.3 Å². The van der Waals surface area contributed by atoms with E-state index in [9.17, 15) is 9.59 Å². The van der Waals surface area contributed by atoms with E-state index in [1.807, 2.05) is 25.1 Å². The molecule has 0 unspecified atom stereocenters. The second-order valence-corrected chi connectivity index (χ2v) is 7.46. The van der Waals surface area contributed by atoms with Crippen molar-refractivity contribution in [3.05, 3.63) is 57.0 Å². The van der Waals surface area contributed by atoms with E-state index in [1.165, 1.54) is 25.1 Å². The third kappa shape index (κ3) is 4.76. The summed E-state index contributed by atoms with van der Waals surface area (Å²) in [5.74, 6) is 0.881. The van der Waals surface area contributed by atoms with Crippen molar-refractivity contribution in [2.45, 2.75) is 26.3 Å². The van der Waals surface area contributed by atoms with E-state index >= 15 is 0 Å². The van der Waals surface area contributed by atoms with Gasteiger partial charge in [-0.2, -0.15) is 0 Å². The highest BCUT2D eigenvalue weighted by Gasteiger charge is 2.12. The van der Waals surface area contributed by atoms with E-state index < -0.39 is 0 Å². The highest BCUT2D eigenvalue weighted by molar-refractivity contribution is 9.10. The number of benzene rings is 2. The molecule has 0 radical (unpaired) electrons. The molecule has 0 aliphatic heterocycles. The molecule has 152 valence electrons. The normalized spacial score (nSPS) is 10.8.